The maximum absolute atomic E-state index is 9.54. The fourth-order valence-corrected chi connectivity index (χ4v) is 0.136. The minimum Gasteiger partial charge on any atom is -1.00 e. The number of hydrogen-bond acceptors (Lipinski definition) is 1. The zero-order valence-electron chi connectivity index (χ0n) is 6.38. The molecule has 1 nitrogen and oxygen atoms in total. The molecule has 0 aliphatic carbocycles. The van der Waals surface area contributed by atoms with Gasteiger partial charge in [-0.15, -0.1) is 0 Å². The Labute approximate surface area is 88.0 Å². The van der Waals surface area contributed by atoms with Crippen LogP contribution in [0.2, 0.25) is 0 Å². The van der Waals surface area contributed by atoms with Crippen LogP contribution >= 0.6 is 0 Å². The molecule has 0 aromatic carbocycles. The van der Waals surface area contributed by atoms with Gasteiger partial charge < -0.3 is 1.43 Å². The topological polar surface area (TPSA) is 17.1 Å². The van der Waals surface area contributed by atoms with Gasteiger partial charge in [0.1, 0.15) is 6.29 Å². The van der Waals surface area contributed by atoms with E-state index in [1.54, 1.807) is 0 Å². The first kappa shape index (κ1) is 16.0. The predicted octanol–water partition coefficient (Wildman–Crippen LogP) is -1.73. The van der Waals surface area contributed by atoms with Gasteiger partial charge in [0.2, 0.25) is 0 Å². The molecule has 8 heavy (non-hydrogen) atoms. The Morgan fingerprint density at radius 2 is 1.88 bits per heavy atom. The van der Waals surface area contributed by atoms with Crippen LogP contribution in [0.5, 0.6) is 0 Å². The number of rotatable bonds is 1. The van der Waals surface area contributed by atoms with E-state index in [9.17, 15) is 4.79 Å². The summed E-state index contributed by atoms with van der Waals surface area (Å²) in [6.45, 7) is 3.77. The average molecular weight is 303 g/mol. The summed E-state index contributed by atoms with van der Waals surface area (Å²) >= 11 is 0. The summed E-state index contributed by atoms with van der Waals surface area (Å²) in [5, 5.41) is 0. The average Bonchev–Trinajstić information content (AvgIpc) is 1.35. The third-order valence-corrected chi connectivity index (χ3v) is 0.401. The summed E-state index contributed by atoms with van der Waals surface area (Å²) in [7, 11) is 0. The van der Waals surface area contributed by atoms with Crippen molar-refractivity contribution in [2.24, 2.45) is 0 Å². The molecule has 0 heterocycles. The van der Waals surface area contributed by atoms with Crippen molar-refractivity contribution >= 4 is 6.29 Å². The van der Waals surface area contributed by atoms with E-state index in [1.807, 2.05) is 13.8 Å². The van der Waals surface area contributed by atoms with Crippen molar-refractivity contribution < 1.29 is 56.8 Å². The molecule has 3 heteroatoms. The molecular formula is C5H9NaOPt. The quantitative estimate of drug-likeness (QED) is 0.319. The molecule has 0 fully saturated rings. The second-order valence-corrected chi connectivity index (χ2v) is 1.38. The van der Waals surface area contributed by atoms with Crippen LogP contribution in [-0.2, 0) is 25.9 Å². The van der Waals surface area contributed by atoms with E-state index in [2.05, 4.69) is 0 Å². The molecule has 0 saturated heterocycles. The first-order chi connectivity index (χ1) is 2.77. The molecule has 0 radical (unpaired) electrons. The SMILES string of the molecule is CC(C)=CC=O.[H-].[Na+].[Pt]. The van der Waals surface area contributed by atoms with Crippen LogP contribution in [-0.4, -0.2) is 6.29 Å². The number of aldehydes is 1. The molecule has 0 atom stereocenters. The monoisotopic (exact) mass is 303 g/mol. The standard InChI is InChI=1S/C5H8O.Na.Pt.H/c1-5(2)3-4-6;;;/h3-4H,1-2H3;;;/q;+1;;-1. The van der Waals surface area contributed by atoms with Crippen LogP contribution in [0.3, 0.4) is 0 Å². The van der Waals surface area contributed by atoms with Gasteiger partial charge in [-0.1, -0.05) is 5.57 Å². The summed E-state index contributed by atoms with van der Waals surface area (Å²) in [6, 6.07) is 0. The summed E-state index contributed by atoms with van der Waals surface area (Å²) < 4.78 is 0. The molecule has 46 valence electrons. The normalized spacial score (nSPS) is 5.25. The first-order valence-corrected chi connectivity index (χ1v) is 1.86. The third-order valence-electron chi connectivity index (χ3n) is 0.401. The summed E-state index contributed by atoms with van der Waals surface area (Å²) in [6.07, 6.45) is 2.31. The Hall–Kier alpha value is 1.10. The molecule has 0 spiro atoms. The predicted molar refractivity (Wildman–Crippen MR) is 26.6 cm³/mol. The second kappa shape index (κ2) is 11.0. The molecule has 0 unspecified atom stereocenters. The molecule has 0 aromatic heterocycles. The first-order valence-electron chi connectivity index (χ1n) is 1.86. The van der Waals surface area contributed by atoms with Crippen LogP contribution < -0.4 is 29.6 Å². The van der Waals surface area contributed by atoms with Crippen LogP contribution in [0.25, 0.3) is 0 Å². The van der Waals surface area contributed by atoms with Crippen molar-refractivity contribution in [3.05, 3.63) is 11.6 Å². The number of allylic oxidation sites excluding steroid dienone is 2. The van der Waals surface area contributed by atoms with E-state index >= 15 is 0 Å². The van der Waals surface area contributed by atoms with Crippen molar-refractivity contribution in [2.45, 2.75) is 13.8 Å². The molecule has 0 aromatic rings. The summed E-state index contributed by atoms with van der Waals surface area (Å²) in [5.41, 5.74) is 1.05. The Morgan fingerprint density at radius 1 is 1.50 bits per heavy atom. The van der Waals surface area contributed by atoms with Crippen molar-refractivity contribution in [1.29, 1.82) is 0 Å². The molecule has 0 bridgehead atoms. The molecule has 0 N–H and O–H groups in total. The molecular weight excluding hydrogens is 294 g/mol. The zero-order chi connectivity index (χ0) is 4.99. The maximum atomic E-state index is 9.54. The number of carbonyl (C=O) groups is 1. The van der Waals surface area contributed by atoms with Crippen LogP contribution in [0.1, 0.15) is 15.3 Å². The minimum atomic E-state index is 0. The Kier molecular flexibility index (Phi) is 22.0. The van der Waals surface area contributed by atoms with E-state index in [-0.39, 0.29) is 52.0 Å². The van der Waals surface area contributed by atoms with Crippen LogP contribution in [0.15, 0.2) is 11.6 Å². The van der Waals surface area contributed by atoms with Crippen molar-refractivity contribution in [3.8, 4) is 0 Å². The van der Waals surface area contributed by atoms with Gasteiger partial charge in [0.05, 0.1) is 0 Å². The zero-order valence-corrected chi connectivity index (χ0v) is 9.65. The minimum absolute atomic E-state index is 0. The molecule has 0 rings (SSSR count). The van der Waals surface area contributed by atoms with Gasteiger partial charge >= 0.3 is 29.6 Å². The Balaban J connectivity index is -0.0000000417. The molecule has 0 aliphatic heterocycles. The van der Waals surface area contributed by atoms with Gasteiger partial charge in [0.25, 0.3) is 0 Å². The van der Waals surface area contributed by atoms with Crippen molar-refractivity contribution in [2.75, 3.05) is 0 Å². The van der Waals surface area contributed by atoms with Gasteiger partial charge in [-0.05, 0) is 19.9 Å². The largest absolute Gasteiger partial charge is 1.00 e. The van der Waals surface area contributed by atoms with Gasteiger partial charge in [0.15, 0.2) is 0 Å². The van der Waals surface area contributed by atoms with E-state index in [0.29, 0.717) is 0 Å². The Morgan fingerprint density at radius 3 is 1.88 bits per heavy atom. The van der Waals surface area contributed by atoms with Crippen molar-refractivity contribution in [3.63, 3.8) is 0 Å². The third kappa shape index (κ3) is 15.7. The van der Waals surface area contributed by atoms with Gasteiger partial charge in [-0.2, -0.15) is 0 Å². The fourth-order valence-electron chi connectivity index (χ4n) is 0.136. The van der Waals surface area contributed by atoms with Gasteiger partial charge in [0, 0.05) is 21.1 Å². The van der Waals surface area contributed by atoms with Gasteiger partial charge in [-0.3, -0.25) is 4.79 Å². The number of carbonyl (C=O) groups excluding carboxylic acids is 1. The number of hydrogen-bond donors (Lipinski definition) is 0. The summed E-state index contributed by atoms with van der Waals surface area (Å²) in [4.78, 5) is 9.54. The van der Waals surface area contributed by atoms with Crippen LogP contribution in [0, 0.1) is 0 Å². The molecule has 0 amide bonds. The van der Waals surface area contributed by atoms with E-state index in [1.165, 1.54) is 6.08 Å². The van der Waals surface area contributed by atoms with Crippen LogP contribution in [0.4, 0.5) is 0 Å². The van der Waals surface area contributed by atoms with E-state index < -0.39 is 0 Å². The van der Waals surface area contributed by atoms with E-state index in [0.717, 1.165) is 11.9 Å². The van der Waals surface area contributed by atoms with E-state index in [4.69, 9.17) is 0 Å². The second-order valence-electron chi connectivity index (χ2n) is 1.38. The maximum Gasteiger partial charge on any atom is 1.00 e. The summed E-state index contributed by atoms with van der Waals surface area (Å²) in [5.74, 6) is 0. The van der Waals surface area contributed by atoms with Gasteiger partial charge in [-0.25, -0.2) is 0 Å². The molecule has 0 saturated carbocycles. The fraction of sp³-hybridized carbons (Fsp3) is 0.400. The van der Waals surface area contributed by atoms with Crippen molar-refractivity contribution in [1.82, 2.24) is 0 Å². The Bertz CT molecular complexity index is 81.0. The smallest absolute Gasteiger partial charge is 1.00 e. The molecule has 0 aliphatic rings.